The van der Waals surface area contributed by atoms with Gasteiger partial charge in [0.15, 0.2) is 0 Å². The quantitative estimate of drug-likeness (QED) is 0.748. The van der Waals surface area contributed by atoms with Crippen molar-refractivity contribution in [2.24, 2.45) is 0 Å². The molecule has 5 nitrogen and oxygen atoms in total. The van der Waals surface area contributed by atoms with E-state index in [0.717, 1.165) is 6.42 Å². The molecule has 0 radical (unpaired) electrons. The molecule has 2 unspecified atom stereocenters. The molecule has 0 bridgehead atoms. The Morgan fingerprint density at radius 2 is 2.25 bits per heavy atom. The highest BCUT2D eigenvalue weighted by molar-refractivity contribution is 7.89. The van der Waals surface area contributed by atoms with Crippen LogP contribution in [0.4, 0.5) is 0 Å². The number of hydrogen-bond acceptors (Lipinski definition) is 4. The van der Waals surface area contributed by atoms with Crippen molar-refractivity contribution in [2.75, 3.05) is 33.3 Å². The Hall–Kier alpha value is -0.170. The van der Waals surface area contributed by atoms with Crippen LogP contribution in [0.25, 0.3) is 0 Å². The van der Waals surface area contributed by atoms with Crippen LogP contribution in [0.15, 0.2) is 0 Å². The largest absolute Gasteiger partial charge is 0.375 e. The van der Waals surface area contributed by atoms with Crippen molar-refractivity contribution in [1.29, 1.82) is 0 Å². The van der Waals surface area contributed by atoms with E-state index in [4.69, 9.17) is 4.74 Å². The van der Waals surface area contributed by atoms with Crippen LogP contribution in [0.1, 0.15) is 20.3 Å². The fraction of sp³-hybridized carbons (Fsp3) is 1.00. The van der Waals surface area contributed by atoms with Crippen molar-refractivity contribution in [2.45, 2.75) is 31.6 Å². The van der Waals surface area contributed by atoms with Gasteiger partial charge >= 0.3 is 0 Å². The van der Waals surface area contributed by atoms with Crippen molar-refractivity contribution in [3.8, 4) is 0 Å². The van der Waals surface area contributed by atoms with Gasteiger partial charge in [0.2, 0.25) is 10.0 Å². The molecule has 16 heavy (non-hydrogen) atoms. The summed E-state index contributed by atoms with van der Waals surface area (Å²) < 4.78 is 31.4. The monoisotopic (exact) mass is 250 g/mol. The first-order valence-corrected chi connectivity index (χ1v) is 7.27. The van der Waals surface area contributed by atoms with Crippen LogP contribution < -0.4 is 5.32 Å². The first-order chi connectivity index (χ1) is 7.52. The highest BCUT2D eigenvalue weighted by Crippen LogP contribution is 2.15. The number of nitrogens with one attached hydrogen (secondary N) is 1. The molecule has 0 amide bonds. The number of ether oxygens (including phenoxy) is 1. The summed E-state index contributed by atoms with van der Waals surface area (Å²) in [5.74, 6) is 0. The summed E-state index contributed by atoms with van der Waals surface area (Å²) >= 11 is 0. The Morgan fingerprint density at radius 1 is 1.56 bits per heavy atom. The van der Waals surface area contributed by atoms with Crippen LogP contribution in [-0.4, -0.2) is 57.4 Å². The Labute approximate surface area is 98.2 Å². The van der Waals surface area contributed by atoms with Gasteiger partial charge in [0, 0.05) is 19.6 Å². The van der Waals surface area contributed by atoms with Crippen LogP contribution in [0.5, 0.6) is 0 Å². The van der Waals surface area contributed by atoms with Gasteiger partial charge in [0.05, 0.1) is 18.0 Å². The van der Waals surface area contributed by atoms with Crippen LogP contribution in [0.2, 0.25) is 0 Å². The lowest BCUT2D eigenvalue weighted by atomic mass is 10.2. The topological polar surface area (TPSA) is 58.6 Å². The number of sulfonamides is 1. The lowest BCUT2D eigenvalue weighted by Gasteiger charge is -2.33. The van der Waals surface area contributed by atoms with E-state index >= 15 is 0 Å². The molecular formula is C10H22N2O3S. The van der Waals surface area contributed by atoms with Gasteiger partial charge in [-0.1, -0.05) is 6.92 Å². The average Bonchev–Trinajstić information content (AvgIpc) is 2.29. The molecule has 0 aromatic rings. The minimum atomic E-state index is -3.18. The lowest BCUT2D eigenvalue weighted by molar-refractivity contribution is -0.00300. The zero-order valence-corrected chi connectivity index (χ0v) is 11.1. The third kappa shape index (κ3) is 3.16. The Balaban J connectivity index is 2.67. The van der Waals surface area contributed by atoms with E-state index in [1.807, 2.05) is 6.92 Å². The summed E-state index contributed by atoms with van der Waals surface area (Å²) in [4.78, 5) is 0. The van der Waals surface area contributed by atoms with Crippen molar-refractivity contribution >= 4 is 10.0 Å². The van der Waals surface area contributed by atoms with E-state index in [1.165, 1.54) is 0 Å². The Morgan fingerprint density at radius 3 is 2.81 bits per heavy atom. The van der Waals surface area contributed by atoms with Gasteiger partial charge in [0.1, 0.15) is 0 Å². The SMILES string of the molecule is CCC1CN(S(=O)(=O)C(C)CNC)CCO1. The summed E-state index contributed by atoms with van der Waals surface area (Å²) in [6, 6.07) is 0. The normalized spacial score (nSPS) is 25.6. The van der Waals surface area contributed by atoms with Crippen molar-refractivity contribution < 1.29 is 13.2 Å². The fourth-order valence-electron chi connectivity index (χ4n) is 1.82. The minimum absolute atomic E-state index is 0.0466. The third-order valence-electron chi connectivity index (χ3n) is 2.92. The summed E-state index contributed by atoms with van der Waals surface area (Å²) in [7, 11) is -1.41. The van der Waals surface area contributed by atoms with E-state index in [1.54, 1.807) is 18.3 Å². The van der Waals surface area contributed by atoms with Crippen molar-refractivity contribution in [3.05, 3.63) is 0 Å². The van der Waals surface area contributed by atoms with Gasteiger partial charge in [-0.25, -0.2) is 8.42 Å². The first kappa shape index (κ1) is 13.9. The van der Waals surface area contributed by atoms with Crippen molar-refractivity contribution in [3.63, 3.8) is 0 Å². The zero-order valence-electron chi connectivity index (χ0n) is 10.3. The smallest absolute Gasteiger partial charge is 0.218 e. The van der Waals surface area contributed by atoms with Gasteiger partial charge in [-0.3, -0.25) is 0 Å². The molecule has 1 fully saturated rings. The summed E-state index contributed by atoms with van der Waals surface area (Å²) in [5, 5.41) is 2.52. The van der Waals surface area contributed by atoms with E-state index in [2.05, 4.69) is 5.32 Å². The van der Waals surface area contributed by atoms with Crippen LogP contribution in [-0.2, 0) is 14.8 Å². The molecule has 1 rings (SSSR count). The molecule has 96 valence electrons. The second-order valence-electron chi connectivity index (χ2n) is 4.17. The number of morpholine rings is 1. The van der Waals surface area contributed by atoms with E-state index in [9.17, 15) is 8.42 Å². The van der Waals surface area contributed by atoms with Crippen molar-refractivity contribution in [1.82, 2.24) is 9.62 Å². The highest BCUT2D eigenvalue weighted by Gasteiger charge is 2.32. The molecule has 1 N–H and O–H groups in total. The van der Waals surface area contributed by atoms with Gasteiger partial charge < -0.3 is 10.1 Å². The fourth-order valence-corrected chi connectivity index (χ4v) is 3.41. The molecule has 1 aliphatic heterocycles. The van der Waals surface area contributed by atoms with Crippen LogP contribution in [0, 0.1) is 0 Å². The highest BCUT2D eigenvalue weighted by atomic mass is 32.2. The second kappa shape index (κ2) is 5.95. The molecule has 1 saturated heterocycles. The second-order valence-corrected chi connectivity index (χ2v) is 6.52. The average molecular weight is 250 g/mol. The molecule has 1 aliphatic rings. The number of rotatable bonds is 5. The van der Waals surface area contributed by atoms with Crippen LogP contribution in [0.3, 0.4) is 0 Å². The van der Waals surface area contributed by atoms with E-state index in [0.29, 0.717) is 26.2 Å². The van der Waals surface area contributed by atoms with Gasteiger partial charge in [-0.2, -0.15) is 4.31 Å². The molecule has 0 saturated carbocycles. The zero-order chi connectivity index (χ0) is 12.2. The maximum absolute atomic E-state index is 12.2. The lowest BCUT2D eigenvalue weighted by Crippen LogP contribution is -2.49. The van der Waals surface area contributed by atoms with Gasteiger partial charge in [-0.15, -0.1) is 0 Å². The molecular weight excluding hydrogens is 228 g/mol. The first-order valence-electron chi connectivity index (χ1n) is 5.77. The predicted molar refractivity (Wildman–Crippen MR) is 63.9 cm³/mol. The standard InChI is InChI=1S/C10H22N2O3S/c1-4-10-8-12(5-6-15-10)16(13,14)9(2)7-11-3/h9-11H,4-8H2,1-3H3. The van der Waals surface area contributed by atoms with E-state index < -0.39 is 10.0 Å². The molecule has 0 aromatic carbocycles. The van der Waals surface area contributed by atoms with Crippen LogP contribution >= 0.6 is 0 Å². The van der Waals surface area contributed by atoms with Gasteiger partial charge in [0.25, 0.3) is 0 Å². The Kier molecular flexibility index (Phi) is 5.17. The van der Waals surface area contributed by atoms with Gasteiger partial charge in [-0.05, 0) is 20.4 Å². The Bertz CT molecular complexity index is 305. The summed E-state index contributed by atoms with van der Waals surface area (Å²) in [5.41, 5.74) is 0. The molecule has 0 aliphatic carbocycles. The molecule has 2 atom stereocenters. The predicted octanol–water partition coefficient (Wildman–Crippen LogP) is 0.0349. The number of hydrogen-bond donors (Lipinski definition) is 1. The number of nitrogens with zero attached hydrogens (tertiary/aromatic N) is 1. The summed E-state index contributed by atoms with van der Waals surface area (Å²) in [6.45, 7) is 5.71. The molecule has 1 heterocycles. The molecule has 6 heteroatoms. The summed E-state index contributed by atoms with van der Waals surface area (Å²) in [6.07, 6.45) is 0.900. The van der Waals surface area contributed by atoms with E-state index in [-0.39, 0.29) is 11.4 Å². The molecule has 0 aromatic heterocycles. The molecule has 0 spiro atoms. The maximum atomic E-state index is 12.2. The minimum Gasteiger partial charge on any atom is -0.375 e. The maximum Gasteiger partial charge on any atom is 0.218 e. The third-order valence-corrected chi connectivity index (χ3v) is 5.15.